The minimum atomic E-state index is -0.803. The van der Waals surface area contributed by atoms with E-state index in [1.807, 2.05) is 13.0 Å². The van der Waals surface area contributed by atoms with E-state index in [2.05, 4.69) is 0 Å². The number of rotatable bonds is 2. The average molecular weight is 180 g/mol. The summed E-state index contributed by atoms with van der Waals surface area (Å²) >= 11 is 0. The standard InChI is InChI=1S/C10H9FO2/c1-7-4-8-5-9(12-6-11)2-3-10(8)13-7/h2-5H,6H2,1H3. The minimum Gasteiger partial charge on any atom is -0.463 e. The Morgan fingerprint density at radius 2 is 2.23 bits per heavy atom. The van der Waals surface area contributed by atoms with Gasteiger partial charge in [0, 0.05) is 5.39 Å². The molecule has 3 heteroatoms. The van der Waals surface area contributed by atoms with Crippen LogP contribution >= 0.6 is 0 Å². The first kappa shape index (κ1) is 8.10. The molecule has 1 aromatic heterocycles. The van der Waals surface area contributed by atoms with Crippen LogP contribution in [-0.2, 0) is 0 Å². The summed E-state index contributed by atoms with van der Waals surface area (Å²) < 4.78 is 21.9. The summed E-state index contributed by atoms with van der Waals surface area (Å²) in [6, 6.07) is 7.10. The third-order valence-corrected chi connectivity index (χ3v) is 1.83. The number of benzene rings is 1. The molecule has 2 aromatic rings. The van der Waals surface area contributed by atoms with E-state index in [-0.39, 0.29) is 0 Å². The second-order valence-corrected chi connectivity index (χ2v) is 2.81. The van der Waals surface area contributed by atoms with Gasteiger partial charge in [-0.25, -0.2) is 4.39 Å². The first-order valence-electron chi connectivity index (χ1n) is 3.98. The van der Waals surface area contributed by atoms with E-state index < -0.39 is 6.86 Å². The van der Waals surface area contributed by atoms with Gasteiger partial charge in [0.2, 0.25) is 6.86 Å². The Morgan fingerprint density at radius 1 is 1.38 bits per heavy atom. The van der Waals surface area contributed by atoms with Crippen LogP contribution in [0.4, 0.5) is 4.39 Å². The van der Waals surface area contributed by atoms with Crippen LogP contribution in [0.15, 0.2) is 28.7 Å². The van der Waals surface area contributed by atoms with Crippen molar-refractivity contribution in [3.8, 4) is 5.75 Å². The molecular weight excluding hydrogens is 171 g/mol. The van der Waals surface area contributed by atoms with E-state index in [0.29, 0.717) is 5.75 Å². The van der Waals surface area contributed by atoms with Gasteiger partial charge < -0.3 is 9.15 Å². The van der Waals surface area contributed by atoms with Crippen LogP contribution in [0.3, 0.4) is 0 Å². The van der Waals surface area contributed by atoms with Crippen LogP contribution in [0.25, 0.3) is 11.0 Å². The van der Waals surface area contributed by atoms with Gasteiger partial charge in [0.1, 0.15) is 17.1 Å². The lowest BCUT2D eigenvalue weighted by atomic mass is 10.2. The molecule has 0 radical (unpaired) electrons. The fourth-order valence-electron chi connectivity index (χ4n) is 1.31. The van der Waals surface area contributed by atoms with Crippen molar-refractivity contribution in [3.05, 3.63) is 30.0 Å². The molecule has 0 aliphatic carbocycles. The maximum Gasteiger partial charge on any atom is 0.228 e. The molecule has 0 spiro atoms. The topological polar surface area (TPSA) is 22.4 Å². The van der Waals surface area contributed by atoms with Gasteiger partial charge >= 0.3 is 0 Å². The number of fused-ring (bicyclic) bond motifs is 1. The summed E-state index contributed by atoms with van der Waals surface area (Å²) in [4.78, 5) is 0. The summed E-state index contributed by atoms with van der Waals surface area (Å²) in [6.07, 6.45) is 0. The Hall–Kier alpha value is -1.51. The zero-order chi connectivity index (χ0) is 9.26. The Balaban J connectivity index is 2.48. The Kier molecular flexibility index (Phi) is 1.93. The largest absolute Gasteiger partial charge is 0.463 e. The molecule has 2 nitrogen and oxygen atoms in total. The molecule has 0 fully saturated rings. The van der Waals surface area contributed by atoms with Crippen LogP contribution in [-0.4, -0.2) is 6.86 Å². The number of hydrogen-bond donors (Lipinski definition) is 0. The van der Waals surface area contributed by atoms with Crippen molar-refractivity contribution in [2.75, 3.05) is 6.86 Å². The number of halogens is 1. The predicted octanol–water partition coefficient (Wildman–Crippen LogP) is 3.05. The molecule has 0 N–H and O–H groups in total. The monoisotopic (exact) mass is 180 g/mol. The zero-order valence-corrected chi connectivity index (χ0v) is 7.21. The molecule has 0 atom stereocenters. The van der Waals surface area contributed by atoms with Gasteiger partial charge in [-0.1, -0.05) is 0 Å². The highest BCUT2D eigenvalue weighted by Gasteiger charge is 2.01. The Bertz CT molecular complexity index is 420. The number of hydrogen-bond acceptors (Lipinski definition) is 2. The lowest BCUT2D eigenvalue weighted by Crippen LogP contribution is -1.88. The zero-order valence-electron chi connectivity index (χ0n) is 7.21. The molecule has 1 aromatic carbocycles. The van der Waals surface area contributed by atoms with Gasteiger partial charge in [0.05, 0.1) is 0 Å². The smallest absolute Gasteiger partial charge is 0.228 e. The molecule has 2 rings (SSSR count). The van der Waals surface area contributed by atoms with Gasteiger partial charge in [-0.15, -0.1) is 0 Å². The second kappa shape index (κ2) is 3.09. The molecule has 1 heterocycles. The summed E-state index contributed by atoms with van der Waals surface area (Å²) in [7, 11) is 0. The van der Waals surface area contributed by atoms with Crippen molar-refractivity contribution in [3.63, 3.8) is 0 Å². The lowest BCUT2D eigenvalue weighted by molar-refractivity contribution is 0.192. The molecule has 0 aliphatic heterocycles. The fourth-order valence-corrected chi connectivity index (χ4v) is 1.31. The molecular formula is C10H9FO2. The van der Waals surface area contributed by atoms with Crippen LogP contribution in [0.2, 0.25) is 0 Å². The predicted molar refractivity (Wildman–Crippen MR) is 47.6 cm³/mol. The van der Waals surface area contributed by atoms with E-state index in [9.17, 15) is 4.39 Å². The van der Waals surface area contributed by atoms with Crippen molar-refractivity contribution < 1.29 is 13.5 Å². The Morgan fingerprint density at radius 3 is 3.00 bits per heavy atom. The second-order valence-electron chi connectivity index (χ2n) is 2.81. The van der Waals surface area contributed by atoms with Gasteiger partial charge in [0.25, 0.3) is 0 Å². The lowest BCUT2D eigenvalue weighted by Gasteiger charge is -1.98. The highest BCUT2D eigenvalue weighted by atomic mass is 19.1. The molecule has 0 unspecified atom stereocenters. The molecule has 0 aliphatic rings. The number of furan rings is 1. The molecule has 68 valence electrons. The summed E-state index contributed by atoms with van der Waals surface area (Å²) in [5.74, 6) is 1.36. The van der Waals surface area contributed by atoms with Crippen molar-refractivity contribution >= 4 is 11.0 Å². The van der Waals surface area contributed by atoms with Crippen molar-refractivity contribution in [1.82, 2.24) is 0 Å². The summed E-state index contributed by atoms with van der Waals surface area (Å²) in [6.45, 7) is 1.07. The van der Waals surface area contributed by atoms with E-state index >= 15 is 0 Å². The molecule has 0 amide bonds. The number of ether oxygens (including phenoxy) is 1. The fraction of sp³-hybridized carbons (Fsp3) is 0.200. The quantitative estimate of drug-likeness (QED) is 0.708. The van der Waals surface area contributed by atoms with Crippen LogP contribution in [0.1, 0.15) is 5.76 Å². The third-order valence-electron chi connectivity index (χ3n) is 1.83. The average Bonchev–Trinajstić information content (AvgIpc) is 2.44. The van der Waals surface area contributed by atoms with Crippen LogP contribution in [0, 0.1) is 6.92 Å². The highest BCUT2D eigenvalue weighted by molar-refractivity contribution is 5.79. The van der Waals surface area contributed by atoms with E-state index in [4.69, 9.17) is 9.15 Å². The summed E-state index contributed by atoms with van der Waals surface area (Å²) in [5, 5.41) is 0.934. The normalized spacial score (nSPS) is 10.6. The van der Waals surface area contributed by atoms with Gasteiger partial charge in [-0.05, 0) is 31.2 Å². The SMILES string of the molecule is Cc1cc2cc(OCF)ccc2o1. The van der Waals surface area contributed by atoms with Gasteiger partial charge in [0.15, 0.2) is 0 Å². The van der Waals surface area contributed by atoms with E-state index in [0.717, 1.165) is 16.7 Å². The van der Waals surface area contributed by atoms with Crippen molar-refractivity contribution in [1.29, 1.82) is 0 Å². The molecule has 13 heavy (non-hydrogen) atoms. The van der Waals surface area contributed by atoms with Crippen LogP contribution < -0.4 is 4.74 Å². The first-order chi connectivity index (χ1) is 6.29. The summed E-state index contributed by atoms with van der Waals surface area (Å²) in [5.41, 5.74) is 0.795. The van der Waals surface area contributed by atoms with E-state index in [1.54, 1.807) is 18.2 Å². The first-order valence-corrected chi connectivity index (χ1v) is 3.98. The van der Waals surface area contributed by atoms with Crippen molar-refractivity contribution in [2.24, 2.45) is 0 Å². The number of alkyl halides is 1. The Labute approximate surface area is 74.9 Å². The third kappa shape index (κ3) is 1.49. The molecule has 0 saturated heterocycles. The number of aryl methyl sites for hydroxylation is 1. The molecule has 0 saturated carbocycles. The van der Waals surface area contributed by atoms with Crippen LogP contribution in [0.5, 0.6) is 5.75 Å². The van der Waals surface area contributed by atoms with Gasteiger partial charge in [-0.3, -0.25) is 0 Å². The van der Waals surface area contributed by atoms with Gasteiger partial charge in [-0.2, -0.15) is 0 Å². The maximum absolute atomic E-state index is 11.8. The maximum atomic E-state index is 11.8. The molecule has 0 bridgehead atoms. The van der Waals surface area contributed by atoms with Crippen molar-refractivity contribution in [2.45, 2.75) is 6.92 Å². The minimum absolute atomic E-state index is 0.524. The van der Waals surface area contributed by atoms with E-state index in [1.165, 1.54) is 0 Å². The highest BCUT2D eigenvalue weighted by Crippen LogP contribution is 2.23.